The van der Waals surface area contributed by atoms with Gasteiger partial charge in [0.1, 0.15) is 11.8 Å². The molecule has 1 aromatic heterocycles. The van der Waals surface area contributed by atoms with Crippen molar-refractivity contribution in [2.24, 2.45) is 5.92 Å². The molecule has 0 bridgehead atoms. The molecule has 5 nitrogen and oxygen atoms in total. The third kappa shape index (κ3) is 5.33. The quantitative estimate of drug-likeness (QED) is 0.746. The number of carbonyl (C=O) groups excluding carboxylic acids is 2. The van der Waals surface area contributed by atoms with Crippen LogP contribution in [-0.2, 0) is 11.2 Å². The predicted octanol–water partition coefficient (Wildman–Crippen LogP) is 3.18. The minimum absolute atomic E-state index is 0.00702. The van der Waals surface area contributed by atoms with Crippen LogP contribution in [0.15, 0.2) is 35.7 Å². The van der Waals surface area contributed by atoms with Crippen molar-refractivity contribution in [1.82, 2.24) is 10.6 Å². The minimum atomic E-state index is -0.566. The van der Waals surface area contributed by atoms with Gasteiger partial charge >= 0.3 is 0 Å². The van der Waals surface area contributed by atoms with E-state index in [9.17, 15) is 9.59 Å². The number of aryl methyl sites for hydroxylation is 1. The first-order valence-electron chi connectivity index (χ1n) is 8.68. The molecule has 1 unspecified atom stereocenters. The highest BCUT2D eigenvalue weighted by Crippen LogP contribution is 2.19. The number of thiophene rings is 1. The molecule has 0 aliphatic rings. The van der Waals surface area contributed by atoms with Crippen molar-refractivity contribution in [2.45, 2.75) is 33.2 Å². The molecule has 0 saturated carbocycles. The summed E-state index contributed by atoms with van der Waals surface area (Å²) in [6, 6.07) is 8.99. The highest BCUT2D eigenvalue weighted by Gasteiger charge is 2.24. The van der Waals surface area contributed by atoms with Gasteiger partial charge < -0.3 is 15.4 Å². The van der Waals surface area contributed by atoms with Crippen molar-refractivity contribution in [3.05, 3.63) is 51.7 Å². The number of amides is 2. The average molecular weight is 375 g/mol. The summed E-state index contributed by atoms with van der Waals surface area (Å²) < 4.78 is 5.37. The molecule has 140 valence electrons. The van der Waals surface area contributed by atoms with E-state index in [1.807, 2.05) is 44.4 Å². The molecule has 0 aliphatic heterocycles. The highest BCUT2D eigenvalue weighted by molar-refractivity contribution is 7.12. The summed E-state index contributed by atoms with van der Waals surface area (Å²) in [5, 5.41) is 7.60. The Bertz CT molecular complexity index is 742. The van der Waals surface area contributed by atoms with Crippen LogP contribution in [-0.4, -0.2) is 31.5 Å². The second-order valence-corrected chi connectivity index (χ2v) is 7.48. The van der Waals surface area contributed by atoms with E-state index in [0.29, 0.717) is 17.8 Å². The number of nitrogens with one attached hydrogen (secondary N) is 2. The van der Waals surface area contributed by atoms with Crippen molar-refractivity contribution >= 4 is 23.2 Å². The lowest BCUT2D eigenvalue weighted by atomic mass is 10.0. The topological polar surface area (TPSA) is 67.4 Å². The molecule has 0 aliphatic carbocycles. The van der Waals surface area contributed by atoms with Gasteiger partial charge in [0.15, 0.2) is 0 Å². The summed E-state index contributed by atoms with van der Waals surface area (Å²) in [6.07, 6.45) is 0.667. The number of carbonyl (C=O) groups is 2. The molecule has 6 heteroatoms. The molecule has 2 N–H and O–H groups in total. The van der Waals surface area contributed by atoms with E-state index in [2.05, 4.69) is 16.7 Å². The molecule has 1 atom stereocenters. The van der Waals surface area contributed by atoms with Crippen LogP contribution in [0.5, 0.6) is 5.75 Å². The van der Waals surface area contributed by atoms with Crippen LogP contribution < -0.4 is 15.4 Å². The van der Waals surface area contributed by atoms with E-state index >= 15 is 0 Å². The van der Waals surface area contributed by atoms with Gasteiger partial charge in [-0.15, -0.1) is 11.3 Å². The van der Waals surface area contributed by atoms with E-state index in [1.165, 1.54) is 11.3 Å². The summed E-state index contributed by atoms with van der Waals surface area (Å²) in [7, 11) is 1.64. The van der Waals surface area contributed by atoms with Crippen LogP contribution in [0.4, 0.5) is 0 Å². The molecule has 0 fully saturated rings. The second-order valence-electron chi connectivity index (χ2n) is 6.53. The number of hydrogen-bond donors (Lipinski definition) is 2. The van der Waals surface area contributed by atoms with Gasteiger partial charge in [-0.1, -0.05) is 37.6 Å². The zero-order valence-electron chi connectivity index (χ0n) is 15.7. The summed E-state index contributed by atoms with van der Waals surface area (Å²) >= 11 is 1.36. The van der Waals surface area contributed by atoms with Gasteiger partial charge in [-0.3, -0.25) is 9.59 Å². The Hall–Kier alpha value is -2.34. The maximum atomic E-state index is 12.5. The van der Waals surface area contributed by atoms with Crippen LogP contribution in [0.3, 0.4) is 0 Å². The molecular formula is C20H26N2O3S. The van der Waals surface area contributed by atoms with E-state index in [0.717, 1.165) is 16.9 Å². The van der Waals surface area contributed by atoms with E-state index < -0.39 is 6.04 Å². The molecule has 26 heavy (non-hydrogen) atoms. The van der Waals surface area contributed by atoms with Gasteiger partial charge in [0.05, 0.1) is 12.0 Å². The first-order chi connectivity index (χ1) is 12.4. The highest BCUT2D eigenvalue weighted by atomic mass is 32.1. The normalized spacial score (nSPS) is 11.9. The first kappa shape index (κ1) is 20.0. The largest absolute Gasteiger partial charge is 0.496 e. The van der Waals surface area contributed by atoms with Crippen molar-refractivity contribution in [3.63, 3.8) is 0 Å². The fraction of sp³-hybridized carbons (Fsp3) is 0.400. The van der Waals surface area contributed by atoms with Gasteiger partial charge in [0, 0.05) is 6.54 Å². The number of rotatable bonds is 8. The summed E-state index contributed by atoms with van der Waals surface area (Å²) in [4.78, 5) is 25.4. The molecule has 0 spiro atoms. The van der Waals surface area contributed by atoms with Crippen molar-refractivity contribution < 1.29 is 14.3 Å². The number of hydrogen-bond acceptors (Lipinski definition) is 4. The molecule has 0 radical (unpaired) electrons. The third-order valence-corrected chi connectivity index (χ3v) is 4.98. The van der Waals surface area contributed by atoms with Crippen LogP contribution in [0.25, 0.3) is 0 Å². The SMILES string of the molecule is COc1ccc(C)cc1CCNC(=O)C(NC(=O)c1cccs1)C(C)C. The second kappa shape index (κ2) is 9.38. The van der Waals surface area contributed by atoms with E-state index in [1.54, 1.807) is 13.2 Å². The maximum absolute atomic E-state index is 12.5. The summed E-state index contributed by atoms with van der Waals surface area (Å²) in [6.45, 7) is 6.35. The van der Waals surface area contributed by atoms with Gasteiger partial charge in [-0.05, 0) is 42.3 Å². The standard InChI is InChI=1S/C20H26N2O3S/c1-13(2)18(22-19(23)17-6-5-11-26-17)20(24)21-10-9-15-12-14(3)7-8-16(15)25-4/h5-8,11-13,18H,9-10H2,1-4H3,(H,21,24)(H,22,23). The molecule has 2 amide bonds. The Morgan fingerprint density at radius 1 is 1.23 bits per heavy atom. The van der Waals surface area contributed by atoms with Gasteiger partial charge in [-0.25, -0.2) is 0 Å². The Morgan fingerprint density at radius 3 is 2.62 bits per heavy atom. The monoisotopic (exact) mass is 374 g/mol. The van der Waals surface area contributed by atoms with Crippen molar-refractivity contribution in [1.29, 1.82) is 0 Å². The number of benzene rings is 1. The summed E-state index contributed by atoms with van der Waals surface area (Å²) in [5.41, 5.74) is 2.20. The minimum Gasteiger partial charge on any atom is -0.496 e. The molecule has 2 aromatic rings. The zero-order valence-corrected chi connectivity index (χ0v) is 16.5. The van der Waals surface area contributed by atoms with Crippen LogP contribution in [0.2, 0.25) is 0 Å². The van der Waals surface area contributed by atoms with Crippen molar-refractivity contribution in [3.8, 4) is 5.75 Å². The first-order valence-corrected chi connectivity index (χ1v) is 9.56. The van der Waals surface area contributed by atoms with Gasteiger partial charge in [-0.2, -0.15) is 0 Å². The average Bonchev–Trinajstić information content (AvgIpc) is 3.14. The smallest absolute Gasteiger partial charge is 0.262 e. The number of methoxy groups -OCH3 is 1. The lowest BCUT2D eigenvalue weighted by molar-refractivity contribution is -0.123. The van der Waals surface area contributed by atoms with Crippen LogP contribution >= 0.6 is 11.3 Å². The Morgan fingerprint density at radius 2 is 2.00 bits per heavy atom. The van der Waals surface area contributed by atoms with Crippen LogP contribution in [0.1, 0.15) is 34.6 Å². The summed E-state index contributed by atoms with van der Waals surface area (Å²) in [5.74, 6) is 0.425. The third-order valence-electron chi connectivity index (χ3n) is 4.11. The molecule has 1 aromatic carbocycles. The maximum Gasteiger partial charge on any atom is 0.262 e. The van der Waals surface area contributed by atoms with Gasteiger partial charge in [0.2, 0.25) is 5.91 Å². The number of ether oxygens (including phenoxy) is 1. The van der Waals surface area contributed by atoms with E-state index in [4.69, 9.17) is 4.74 Å². The van der Waals surface area contributed by atoms with Gasteiger partial charge in [0.25, 0.3) is 5.91 Å². The fourth-order valence-corrected chi connectivity index (χ4v) is 3.31. The Labute approximate surface area is 158 Å². The lowest BCUT2D eigenvalue weighted by Crippen LogP contribution is -2.49. The molecule has 1 heterocycles. The predicted molar refractivity (Wildman–Crippen MR) is 105 cm³/mol. The molecular weight excluding hydrogens is 348 g/mol. The molecule has 0 saturated heterocycles. The van der Waals surface area contributed by atoms with Crippen LogP contribution in [0, 0.1) is 12.8 Å². The fourth-order valence-electron chi connectivity index (χ4n) is 2.69. The van der Waals surface area contributed by atoms with E-state index in [-0.39, 0.29) is 17.7 Å². The van der Waals surface area contributed by atoms with Crippen molar-refractivity contribution in [2.75, 3.05) is 13.7 Å². The lowest BCUT2D eigenvalue weighted by Gasteiger charge is -2.21. The molecule has 2 rings (SSSR count). The Kier molecular flexibility index (Phi) is 7.21. The Balaban J connectivity index is 1.94. The zero-order chi connectivity index (χ0) is 19.1.